The summed E-state index contributed by atoms with van der Waals surface area (Å²) in [5.41, 5.74) is 4.43. The van der Waals surface area contributed by atoms with Crippen molar-refractivity contribution in [3.8, 4) is 5.75 Å². The van der Waals surface area contributed by atoms with Crippen molar-refractivity contribution in [2.75, 3.05) is 14.2 Å². The van der Waals surface area contributed by atoms with Crippen LogP contribution in [0.3, 0.4) is 0 Å². The summed E-state index contributed by atoms with van der Waals surface area (Å²) in [5.74, 6) is 0.666. The van der Waals surface area contributed by atoms with Crippen LogP contribution < -0.4 is 10.1 Å². The minimum atomic E-state index is -0.218. The number of rotatable bonds is 4. The van der Waals surface area contributed by atoms with Crippen LogP contribution in [0.15, 0.2) is 30.3 Å². The van der Waals surface area contributed by atoms with Crippen LogP contribution in [0.1, 0.15) is 28.3 Å². The Kier molecular flexibility index (Phi) is 5.22. The van der Waals surface area contributed by atoms with E-state index in [2.05, 4.69) is 53.9 Å². The van der Waals surface area contributed by atoms with Gasteiger partial charge in [0.25, 0.3) is 0 Å². The number of halogens is 2. The van der Waals surface area contributed by atoms with Crippen molar-refractivity contribution < 1.29 is 9.13 Å². The predicted octanol–water partition coefficient (Wildman–Crippen LogP) is 4.36. The van der Waals surface area contributed by atoms with Gasteiger partial charge in [0, 0.05) is 9.13 Å². The maximum absolute atomic E-state index is 13.3. The number of hydrogen-bond acceptors (Lipinski definition) is 2. The Labute approximate surface area is 138 Å². The molecule has 0 spiro atoms. The number of methoxy groups -OCH3 is 1. The van der Waals surface area contributed by atoms with E-state index in [4.69, 9.17) is 4.74 Å². The molecule has 1 atom stereocenters. The molecule has 1 N–H and O–H groups in total. The third kappa shape index (κ3) is 3.21. The maximum Gasteiger partial charge on any atom is 0.127 e. The molecule has 0 aliphatic heterocycles. The molecule has 0 aliphatic rings. The van der Waals surface area contributed by atoms with Gasteiger partial charge in [-0.2, -0.15) is 0 Å². The molecule has 2 aromatic rings. The lowest BCUT2D eigenvalue weighted by atomic mass is 9.94. The first-order chi connectivity index (χ1) is 9.99. The zero-order valence-corrected chi connectivity index (χ0v) is 14.8. The molecule has 21 heavy (non-hydrogen) atoms. The van der Waals surface area contributed by atoms with Gasteiger partial charge in [-0.25, -0.2) is 4.39 Å². The van der Waals surface area contributed by atoms with E-state index >= 15 is 0 Å². The molecule has 0 amide bonds. The van der Waals surface area contributed by atoms with Gasteiger partial charge in [0.1, 0.15) is 11.6 Å². The molecular weight excluding hydrogens is 380 g/mol. The number of aryl methyl sites for hydroxylation is 1. The Morgan fingerprint density at radius 2 is 1.81 bits per heavy atom. The second kappa shape index (κ2) is 6.75. The van der Waals surface area contributed by atoms with Crippen molar-refractivity contribution in [1.82, 2.24) is 5.32 Å². The van der Waals surface area contributed by atoms with E-state index in [1.165, 1.54) is 11.6 Å². The molecule has 1 unspecified atom stereocenters. The van der Waals surface area contributed by atoms with Gasteiger partial charge in [0.15, 0.2) is 0 Å². The topological polar surface area (TPSA) is 21.3 Å². The molecule has 2 aromatic carbocycles. The van der Waals surface area contributed by atoms with Gasteiger partial charge >= 0.3 is 0 Å². The molecule has 0 radical (unpaired) electrons. The number of hydrogen-bond donors (Lipinski definition) is 1. The summed E-state index contributed by atoms with van der Waals surface area (Å²) in [6.45, 7) is 4.12. The van der Waals surface area contributed by atoms with E-state index in [0.717, 1.165) is 26.0 Å². The molecule has 4 heteroatoms. The Hall–Kier alpha value is -1.14. The summed E-state index contributed by atoms with van der Waals surface area (Å²) in [7, 11) is 3.59. The lowest BCUT2D eigenvalue weighted by molar-refractivity contribution is 0.402. The summed E-state index contributed by atoms with van der Waals surface area (Å²) in [4.78, 5) is 0. The van der Waals surface area contributed by atoms with Crippen LogP contribution in [-0.2, 0) is 0 Å². The second-order valence-corrected chi connectivity index (χ2v) is 6.18. The molecule has 2 rings (SSSR count). The highest BCUT2D eigenvalue weighted by molar-refractivity contribution is 14.1. The summed E-state index contributed by atoms with van der Waals surface area (Å²) in [6, 6.07) is 9.00. The van der Waals surface area contributed by atoms with E-state index in [-0.39, 0.29) is 11.9 Å². The van der Waals surface area contributed by atoms with Crippen LogP contribution in [-0.4, -0.2) is 14.2 Å². The zero-order valence-electron chi connectivity index (χ0n) is 12.6. The lowest BCUT2D eigenvalue weighted by Crippen LogP contribution is -2.20. The molecule has 0 aromatic heterocycles. The fourth-order valence-electron chi connectivity index (χ4n) is 2.52. The van der Waals surface area contributed by atoms with E-state index in [0.29, 0.717) is 0 Å². The zero-order chi connectivity index (χ0) is 15.6. The van der Waals surface area contributed by atoms with Crippen LogP contribution in [0.25, 0.3) is 0 Å². The highest BCUT2D eigenvalue weighted by Crippen LogP contribution is 2.35. The van der Waals surface area contributed by atoms with E-state index in [1.807, 2.05) is 13.1 Å². The third-order valence-electron chi connectivity index (χ3n) is 3.78. The van der Waals surface area contributed by atoms with Crippen LogP contribution in [0.4, 0.5) is 4.39 Å². The summed E-state index contributed by atoms with van der Waals surface area (Å²) < 4.78 is 19.8. The maximum atomic E-state index is 13.3. The second-order valence-electron chi connectivity index (χ2n) is 5.02. The molecule has 0 saturated heterocycles. The van der Waals surface area contributed by atoms with Crippen molar-refractivity contribution in [2.24, 2.45) is 0 Å². The first kappa shape index (κ1) is 16.2. The van der Waals surface area contributed by atoms with Crippen molar-refractivity contribution in [2.45, 2.75) is 19.9 Å². The standard InChI is InChI=1S/C17H19FINO/c1-10-5-7-14(17(21-4)11(10)2)16(20-3)13-8-6-12(18)9-15(13)19/h5-9,16,20H,1-4H3. The first-order valence-corrected chi connectivity index (χ1v) is 7.83. The van der Waals surface area contributed by atoms with Crippen LogP contribution in [0.2, 0.25) is 0 Å². The molecular formula is C17H19FINO. The average Bonchev–Trinajstić information content (AvgIpc) is 2.45. The molecule has 0 bridgehead atoms. The van der Waals surface area contributed by atoms with E-state index in [1.54, 1.807) is 13.2 Å². The van der Waals surface area contributed by atoms with Gasteiger partial charge in [-0.15, -0.1) is 0 Å². The SMILES string of the molecule is CNC(c1ccc(F)cc1I)c1ccc(C)c(C)c1OC. The molecule has 0 saturated carbocycles. The van der Waals surface area contributed by atoms with Gasteiger partial charge in [0.05, 0.1) is 13.2 Å². The normalized spacial score (nSPS) is 12.3. The number of ether oxygens (including phenoxy) is 1. The van der Waals surface area contributed by atoms with Gasteiger partial charge in [0.2, 0.25) is 0 Å². The van der Waals surface area contributed by atoms with Crippen molar-refractivity contribution in [3.05, 3.63) is 62.0 Å². The minimum Gasteiger partial charge on any atom is -0.496 e. The predicted molar refractivity (Wildman–Crippen MR) is 92.5 cm³/mol. The lowest BCUT2D eigenvalue weighted by Gasteiger charge is -2.23. The molecule has 0 heterocycles. The Bertz CT molecular complexity index is 657. The van der Waals surface area contributed by atoms with Crippen molar-refractivity contribution >= 4 is 22.6 Å². The van der Waals surface area contributed by atoms with Gasteiger partial charge in [-0.05, 0) is 72.3 Å². The molecule has 0 fully saturated rings. The summed E-state index contributed by atoms with van der Waals surface area (Å²) >= 11 is 2.17. The molecule has 112 valence electrons. The van der Waals surface area contributed by atoms with Crippen molar-refractivity contribution in [1.29, 1.82) is 0 Å². The highest BCUT2D eigenvalue weighted by atomic mass is 127. The Morgan fingerprint density at radius 3 is 2.38 bits per heavy atom. The Balaban J connectivity index is 2.59. The van der Waals surface area contributed by atoms with Gasteiger partial charge < -0.3 is 10.1 Å². The smallest absolute Gasteiger partial charge is 0.127 e. The third-order valence-corrected chi connectivity index (χ3v) is 4.72. The van der Waals surface area contributed by atoms with Gasteiger partial charge in [-0.3, -0.25) is 0 Å². The van der Waals surface area contributed by atoms with Gasteiger partial charge in [-0.1, -0.05) is 18.2 Å². The largest absolute Gasteiger partial charge is 0.496 e. The molecule has 0 aliphatic carbocycles. The monoisotopic (exact) mass is 399 g/mol. The minimum absolute atomic E-state index is 0.0354. The fraction of sp³-hybridized carbons (Fsp3) is 0.294. The summed E-state index contributed by atoms with van der Waals surface area (Å²) in [5, 5.41) is 3.31. The van der Waals surface area contributed by atoms with Crippen LogP contribution in [0.5, 0.6) is 5.75 Å². The highest BCUT2D eigenvalue weighted by Gasteiger charge is 2.20. The van der Waals surface area contributed by atoms with Crippen molar-refractivity contribution in [3.63, 3.8) is 0 Å². The Morgan fingerprint density at radius 1 is 1.14 bits per heavy atom. The summed E-state index contributed by atoms with van der Waals surface area (Å²) in [6.07, 6.45) is 0. The van der Waals surface area contributed by atoms with Crippen LogP contribution >= 0.6 is 22.6 Å². The number of benzene rings is 2. The quantitative estimate of drug-likeness (QED) is 0.772. The van der Waals surface area contributed by atoms with Crippen LogP contribution in [0, 0.1) is 23.2 Å². The first-order valence-electron chi connectivity index (χ1n) is 6.76. The number of nitrogens with one attached hydrogen (secondary N) is 1. The average molecular weight is 399 g/mol. The van der Waals surface area contributed by atoms with E-state index < -0.39 is 0 Å². The van der Waals surface area contributed by atoms with E-state index in [9.17, 15) is 4.39 Å². The molecule has 2 nitrogen and oxygen atoms in total. The fourth-order valence-corrected chi connectivity index (χ4v) is 3.31.